The predicted molar refractivity (Wildman–Crippen MR) is 254 cm³/mol. The molecule has 5 heteroatoms. The zero-order valence-electron chi connectivity index (χ0n) is 34.9. The molecule has 1 aliphatic rings. The molecule has 9 rings (SSSR count). The molecule has 288 valence electrons. The molecule has 0 fully saturated rings. The van der Waals surface area contributed by atoms with Gasteiger partial charge in [0.05, 0.1) is 27.5 Å². The average Bonchev–Trinajstić information content (AvgIpc) is 3.43. The first-order chi connectivity index (χ1) is 27.7. The molecule has 0 saturated carbocycles. The summed E-state index contributed by atoms with van der Waals surface area (Å²) in [6.45, 7) is 19.1. The smallest absolute Gasteiger partial charge is 0.125 e. The Morgan fingerprint density at radius 3 is 1.57 bits per heavy atom. The summed E-state index contributed by atoms with van der Waals surface area (Å²) in [6.07, 6.45) is 0. The van der Waals surface area contributed by atoms with Crippen molar-refractivity contribution in [2.75, 3.05) is 9.80 Å². The number of benzene rings is 8. The molecule has 0 unspecified atom stereocenters. The van der Waals surface area contributed by atoms with Crippen molar-refractivity contribution in [1.29, 1.82) is 0 Å². The van der Waals surface area contributed by atoms with Crippen LogP contribution in [0.2, 0.25) is 39.3 Å². The average molecular weight is 791 g/mol. The van der Waals surface area contributed by atoms with Crippen molar-refractivity contribution in [3.63, 3.8) is 0 Å². The third-order valence-electron chi connectivity index (χ3n) is 12.2. The van der Waals surface area contributed by atoms with Crippen LogP contribution in [-0.2, 0) is 5.41 Å². The molecule has 0 amide bonds. The van der Waals surface area contributed by atoms with Crippen LogP contribution in [-0.4, -0.2) is 16.1 Å². The third kappa shape index (κ3) is 6.47. The Balaban J connectivity index is 1.24. The van der Waals surface area contributed by atoms with Gasteiger partial charge < -0.3 is 9.80 Å². The maximum Gasteiger partial charge on any atom is 0.125 e. The molecular formula is C53H51FN2Si2. The van der Waals surface area contributed by atoms with Crippen LogP contribution in [0.4, 0.5) is 38.5 Å². The van der Waals surface area contributed by atoms with Crippen molar-refractivity contribution in [2.45, 2.75) is 58.5 Å². The maximum atomic E-state index is 15.1. The highest BCUT2D eigenvalue weighted by Gasteiger charge is 2.39. The Morgan fingerprint density at radius 1 is 0.431 bits per heavy atom. The van der Waals surface area contributed by atoms with Crippen LogP contribution in [0.25, 0.3) is 32.7 Å². The molecule has 0 saturated heterocycles. The van der Waals surface area contributed by atoms with Crippen molar-refractivity contribution < 1.29 is 4.39 Å². The van der Waals surface area contributed by atoms with Crippen LogP contribution < -0.4 is 20.2 Å². The Kier molecular flexibility index (Phi) is 9.10. The second-order valence-corrected chi connectivity index (χ2v) is 28.6. The monoisotopic (exact) mass is 790 g/mol. The summed E-state index contributed by atoms with van der Waals surface area (Å²) >= 11 is 0. The van der Waals surface area contributed by atoms with E-state index in [4.69, 9.17) is 0 Å². The molecule has 0 atom stereocenters. The second kappa shape index (κ2) is 14.0. The van der Waals surface area contributed by atoms with Crippen LogP contribution in [0.15, 0.2) is 164 Å². The number of rotatable bonds is 8. The summed E-state index contributed by atoms with van der Waals surface area (Å²) < 4.78 is 15.1. The van der Waals surface area contributed by atoms with E-state index >= 15 is 4.39 Å². The molecule has 0 N–H and O–H groups in total. The van der Waals surface area contributed by atoms with Crippen molar-refractivity contribution >= 4 is 82.2 Å². The molecule has 0 heterocycles. The van der Waals surface area contributed by atoms with Gasteiger partial charge in [-0.25, -0.2) is 4.39 Å². The lowest BCUT2D eigenvalue weighted by Crippen LogP contribution is -2.37. The molecule has 0 radical (unpaired) electrons. The minimum atomic E-state index is -1.53. The molecule has 58 heavy (non-hydrogen) atoms. The summed E-state index contributed by atoms with van der Waals surface area (Å²) in [7, 11) is -3.03. The first-order valence-corrected chi connectivity index (χ1v) is 27.5. The van der Waals surface area contributed by atoms with Crippen LogP contribution in [0.3, 0.4) is 0 Å². The number of halogens is 1. The van der Waals surface area contributed by atoms with Gasteiger partial charge >= 0.3 is 0 Å². The van der Waals surface area contributed by atoms with Gasteiger partial charge in [-0.1, -0.05) is 161 Å². The Bertz CT molecular complexity index is 2840. The van der Waals surface area contributed by atoms with E-state index in [9.17, 15) is 0 Å². The van der Waals surface area contributed by atoms with Crippen LogP contribution >= 0.6 is 0 Å². The summed E-state index contributed by atoms with van der Waals surface area (Å²) in [4.78, 5) is 4.69. The van der Waals surface area contributed by atoms with Crippen LogP contribution in [0.1, 0.15) is 25.0 Å². The summed E-state index contributed by atoms with van der Waals surface area (Å²) in [5, 5.41) is 7.60. The highest BCUT2D eigenvalue weighted by atomic mass is 28.3. The fourth-order valence-electron chi connectivity index (χ4n) is 8.97. The van der Waals surface area contributed by atoms with E-state index in [1.165, 1.54) is 54.9 Å². The zero-order chi connectivity index (χ0) is 40.6. The molecule has 1 aliphatic carbocycles. The van der Waals surface area contributed by atoms with Gasteiger partial charge in [-0.3, -0.25) is 0 Å². The van der Waals surface area contributed by atoms with Crippen LogP contribution in [0, 0.1) is 5.82 Å². The van der Waals surface area contributed by atoms with Crippen molar-refractivity contribution in [3.05, 3.63) is 181 Å². The van der Waals surface area contributed by atoms with Gasteiger partial charge in [0.2, 0.25) is 0 Å². The quantitative estimate of drug-likeness (QED) is 0.141. The minimum absolute atomic E-state index is 0.252. The van der Waals surface area contributed by atoms with Gasteiger partial charge in [-0.05, 0) is 99.8 Å². The lowest BCUT2D eigenvalue weighted by molar-refractivity contribution is 0.628. The Labute approximate surface area is 345 Å². The largest absolute Gasteiger partial charge is 0.310 e. The first-order valence-electron chi connectivity index (χ1n) is 20.5. The maximum absolute atomic E-state index is 15.1. The highest BCUT2D eigenvalue weighted by molar-refractivity contribution is 6.89. The van der Waals surface area contributed by atoms with Gasteiger partial charge in [0.25, 0.3) is 0 Å². The topological polar surface area (TPSA) is 6.48 Å². The van der Waals surface area contributed by atoms with E-state index in [2.05, 4.69) is 202 Å². The summed E-state index contributed by atoms with van der Waals surface area (Å²) in [5.74, 6) is -0.252. The lowest BCUT2D eigenvalue weighted by atomic mass is 9.81. The number of fused-ring (bicyclic) bond motifs is 6. The molecule has 0 bridgehead atoms. The molecule has 0 aromatic heterocycles. The first kappa shape index (κ1) is 37.8. The lowest BCUT2D eigenvalue weighted by Gasteiger charge is -2.31. The van der Waals surface area contributed by atoms with E-state index in [0.29, 0.717) is 0 Å². The highest BCUT2D eigenvalue weighted by Crippen LogP contribution is 2.56. The van der Waals surface area contributed by atoms with Crippen molar-refractivity contribution in [1.82, 2.24) is 0 Å². The molecule has 8 aromatic carbocycles. The van der Waals surface area contributed by atoms with E-state index < -0.39 is 16.1 Å². The molecule has 2 nitrogen and oxygen atoms in total. The summed E-state index contributed by atoms with van der Waals surface area (Å²) in [5.41, 5.74) is 11.0. The number of hydrogen-bond acceptors (Lipinski definition) is 2. The molecular weight excluding hydrogens is 740 g/mol. The third-order valence-corrected chi connectivity index (χ3v) is 16.3. The molecule has 8 aromatic rings. The SMILES string of the molecule is CC1(C)c2cc(N(c3ccc([Si](C)(C)C)cc3)c3cccc4ccccc34)ccc2-c2c1cc(N(c1ccc([Si](C)(C)C)cc1)c1cccc(F)c1)c1ccccc21. The predicted octanol–water partition coefficient (Wildman–Crippen LogP) is 14.5. The Morgan fingerprint density at radius 2 is 0.948 bits per heavy atom. The van der Waals surface area contributed by atoms with E-state index in [1.807, 2.05) is 12.1 Å². The van der Waals surface area contributed by atoms with Gasteiger partial charge in [0.1, 0.15) is 5.82 Å². The Hall–Kier alpha value is -5.76. The minimum Gasteiger partial charge on any atom is -0.310 e. The van der Waals surface area contributed by atoms with Crippen LogP contribution in [0.5, 0.6) is 0 Å². The number of nitrogens with zero attached hydrogens (tertiary/aromatic N) is 2. The normalized spacial score (nSPS) is 13.4. The molecule has 0 aliphatic heterocycles. The van der Waals surface area contributed by atoms with E-state index in [-0.39, 0.29) is 11.2 Å². The van der Waals surface area contributed by atoms with Gasteiger partial charge in [0, 0.05) is 38.9 Å². The van der Waals surface area contributed by atoms with E-state index in [1.54, 1.807) is 6.07 Å². The number of hydrogen-bond donors (Lipinski definition) is 0. The summed E-state index contributed by atoms with van der Waals surface area (Å²) in [6, 6.07) is 58.8. The standard InChI is InChI=1S/C53H51FN2Si2/c1-53(2)48-34-41(55(38-23-28-42(29-24-38)57(3,4)5)50-22-13-16-36-15-9-10-19-44(36)50)27-32-47(48)52-46-21-12-11-20-45(46)51(35-49(52)53)56(40-18-14-17-37(54)33-40)39-25-30-43(31-26-39)58(6,7)8/h9-35H,1-8H3. The van der Waals surface area contributed by atoms with Gasteiger partial charge in [-0.15, -0.1) is 0 Å². The zero-order valence-corrected chi connectivity index (χ0v) is 36.9. The molecule has 0 spiro atoms. The van der Waals surface area contributed by atoms with Crippen molar-refractivity contribution in [2.24, 2.45) is 0 Å². The van der Waals surface area contributed by atoms with E-state index in [0.717, 1.165) is 39.5 Å². The number of anilines is 6. The van der Waals surface area contributed by atoms with Gasteiger partial charge in [0.15, 0.2) is 0 Å². The second-order valence-electron chi connectivity index (χ2n) is 18.5. The fourth-order valence-corrected chi connectivity index (χ4v) is 11.3. The fraction of sp³-hybridized carbons (Fsp3) is 0.170. The van der Waals surface area contributed by atoms with Gasteiger partial charge in [-0.2, -0.15) is 0 Å². The van der Waals surface area contributed by atoms with Crippen molar-refractivity contribution in [3.8, 4) is 11.1 Å².